The van der Waals surface area contributed by atoms with Crippen LogP contribution in [-0.4, -0.2) is 56.0 Å². The number of halogens is 1. The number of aliphatic imine (C=N–C) groups is 1. The molecule has 2 fully saturated rings. The molecule has 1 aliphatic heterocycles. The van der Waals surface area contributed by atoms with E-state index in [1.54, 1.807) is 7.05 Å². The largest absolute Gasteiger partial charge is 0.491 e. The number of carbonyl (C=O) groups excluding carboxylic acids is 2. The molecule has 2 aliphatic carbocycles. The molecule has 0 radical (unpaired) electrons. The lowest BCUT2D eigenvalue weighted by Crippen LogP contribution is -2.41. The Bertz CT molecular complexity index is 1080. The van der Waals surface area contributed by atoms with Gasteiger partial charge < -0.3 is 15.4 Å². The molecular formula is C26H31IN4O3. The van der Waals surface area contributed by atoms with Crippen molar-refractivity contribution in [1.82, 2.24) is 15.5 Å². The van der Waals surface area contributed by atoms with E-state index in [1.165, 1.54) is 4.90 Å². The van der Waals surface area contributed by atoms with Crippen LogP contribution < -0.4 is 15.4 Å². The number of imide groups is 1. The molecule has 0 aromatic heterocycles. The van der Waals surface area contributed by atoms with Gasteiger partial charge in [-0.05, 0) is 36.1 Å². The molecule has 1 heterocycles. The number of amides is 2. The summed E-state index contributed by atoms with van der Waals surface area (Å²) in [4.78, 5) is 31.2. The van der Waals surface area contributed by atoms with Crippen molar-refractivity contribution in [3.05, 3.63) is 54.6 Å². The molecular weight excluding hydrogens is 543 g/mol. The number of benzene rings is 2. The number of hydrogen-bond acceptors (Lipinski definition) is 4. The summed E-state index contributed by atoms with van der Waals surface area (Å²) in [7, 11) is 1.72. The lowest BCUT2D eigenvalue weighted by molar-refractivity contribution is -0.140. The molecule has 0 spiro atoms. The number of rotatable bonds is 8. The second kappa shape index (κ2) is 10.8. The second-order valence-corrected chi connectivity index (χ2v) is 8.93. The molecule has 34 heavy (non-hydrogen) atoms. The molecule has 8 heteroatoms. The molecule has 5 rings (SSSR count). The number of ether oxygens (including phenoxy) is 1. The highest BCUT2D eigenvalue weighted by atomic mass is 127. The summed E-state index contributed by atoms with van der Waals surface area (Å²) in [5.41, 5.74) is 0. The highest BCUT2D eigenvalue weighted by Crippen LogP contribution is 2.52. The second-order valence-electron chi connectivity index (χ2n) is 8.93. The molecule has 2 bridgehead atoms. The van der Waals surface area contributed by atoms with Crippen molar-refractivity contribution in [2.45, 2.75) is 12.8 Å². The average molecular weight is 574 g/mol. The maximum Gasteiger partial charge on any atom is 0.233 e. The van der Waals surface area contributed by atoms with Gasteiger partial charge in [0.05, 0.1) is 18.4 Å². The van der Waals surface area contributed by atoms with Gasteiger partial charge >= 0.3 is 0 Å². The molecule has 2 aromatic rings. The number of carbonyl (C=O) groups is 2. The Morgan fingerprint density at radius 1 is 1.00 bits per heavy atom. The lowest BCUT2D eigenvalue weighted by atomic mass is 9.85. The maximum atomic E-state index is 12.7. The van der Waals surface area contributed by atoms with E-state index in [2.05, 4.69) is 46.0 Å². The normalized spacial score (nSPS) is 25.0. The third-order valence-electron chi connectivity index (χ3n) is 7.04. The molecule has 2 aromatic carbocycles. The molecule has 1 saturated carbocycles. The Balaban J connectivity index is 0.00000274. The van der Waals surface area contributed by atoms with Crippen LogP contribution in [0.5, 0.6) is 5.75 Å². The number of likely N-dealkylation sites (tertiary alicyclic amines) is 1. The van der Waals surface area contributed by atoms with Crippen LogP contribution >= 0.6 is 24.0 Å². The standard InChI is InChI=1S/C26H30N4O3.HI/c1-27-26(29-13-15-33-21-9-4-7-17-6-2-3-8-20(17)21)28-12-5-14-30-24(31)22-18-10-11-19(16-18)23(22)25(30)32;/h2-4,6-11,18-19,22-23H,5,12-16H2,1H3,(H2,27,28,29);1H. The van der Waals surface area contributed by atoms with Crippen LogP contribution in [0.2, 0.25) is 0 Å². The maximum absolute atomic E-state index is 12.7. The zero-order valence-electron chi connectivity index (χ0n) is 19.3. The number of allylic oxidation sites excluding steroid dienone is 2. The van der Waals surface area contributed by atoms with Crippen LogP contribution in [0, 0.1) is 23.7 Å². The molecule has 1 saturated heterocycles. The molecule has 180 valence electrons. The van der Waals surface area contributed by atoms with Crippen molar-refractivity contribution < 1.29 is 14.3 Å². The highest BCUT2D eigenvalue weighted by Gasteiger charge is 2.58. The first-order valence-corrected chi connectivity index (χ1v) is 11.8. The number of nitrogens with zero attached hydrogens (tertiary/aromatic N) is 2. The van der Waals surface area contributed by atoms with Gasteiger partial charge in [-0.3, -0.25) is 19.5 Å². The van der Waals surface area contributed by atoms with Gasteiger partial charge in [-0.15, -0.1) is 24.0 Å². The van der Waals surface area contributed by atoms with Crippen molar-refractivity contribution in [3.63, 3.8) is 0 Å². The van der Waals surface area contributed by atoms with Crippen molar-refractivity contribution in [3.8, 4) is 5.75 Å². The van der Waals surface area contributed by atoms with Gasteiger partial charge in [0.2, 0.25) is 11.8 Å². The van der Waals surface area contributed by atoms with Crippen molar-refractivity contribution in [2.75, 3.05) is 33.3 Å². The zero-order chi connectivity index (χ0) is 22.8. The van der Waals surface area contributed by atoms with Crippen LogP contribution in [-0.2, 0) is 9.59 Å². The summed E-state index contributed by atoms with van der Waals surface area (Å²) in [6.07, 6.45) is 5.91. The Morgan fingerprint density at radius 3 is 2.41 bits per heavy atom. The fraction of sp³-hybridized carbons (Fsp3) is 0.423. The van der Waals surface area contributed by atoms with Crippen LogP contribution in [0.4, 0.5) is 0 Å². The molecule has 7 nitrogen and oxygen atoms in total. The van der Waals surface area contributed by atoms with Crippen LogP contribution in [0.1, 0.15) is 12.8 Å². The number of hydrogen-bond donors (Lipinski definition) is 2. The summed E-state index contributed by atoms with van der Waals surface area (Å²) in [5, 5.41) is 8.75. The monoisotopic (exact) mass is 574 g/mol. The van der Waals surface area contributed by atoms with E-state index in [9.17, 15) is 9.59 Å². The minimum atomic E-state index is -0.114. The highest BCUT2D eigenvalue weighted by molar-refractivity contribution is 14.0. The van der Waals surface area contributed by atoms with E-state index in [0.717, 1.165) is 22.9 Å². The topological polar surface area (TPSA) is 83.0 Å². The van der Waals surface area contributed by atoms with E-state index in [4.69, 9.17) is 4.74 Å². The third kappa shape index (κ3) is 4.64. The summed E-state index contributed by atoms with van der Waals surface area (Å²) >= 11 is 0. The quantitative estimate of drug-likeness (QED) is 0.126. The lowest BCUT2D eigenvalue weighted by Gasteiger charge is -2.18. The fourth-order valence-electron chi connectivity index (χ4n) is 5.50. The van der Waals surface area contributed by atoms with Gasteiger partial charge in [0.15, 0.2) is 5.96 Å². The Labute approximate surface area is 217 Å². The van der Waals surface area contributed by atoms with Gasteiger partial charge in [0.25, 0.3) is 0 Å². The van der Waals surface area contributed by atoms with E-state index >= 15 is 0 Å². The van der Waals surface area contributed by atoms with E-state index < -0.39 is 0 Å². The van der Waals surface area contributed by atoms with E-state index in [1.807, 2.05) is 24.3 Å². The van der Waals surface area contributed by atoms with Gasteiger partial charge in [-0.1, -0.05) is 48.6 Å². The minimum absolute atomic E-state index is 0. The number of guanidine groups is 1. The number of fused-ring (bicyclic) bond motifs is 6. The molecule has 4 unspecified atom stereocenters. The Morgan fingerprint density at radius 2 is 1.68 bits per heavy atom. The van der Waals surface area contributed by atoms with Crippen LogP contribution in [0.25, 0.3) is 10.8 Å². The Kier molecular flexibility index (Phi) is 7.75. The number of nitrogens with one attached hydrogen (secondary N) is 2. The van der Waals surface area contributed by atoms with Gasteiger partial charge in [0, 0.05) is 25.5 Å². The zero-order valence-corrected chi connectivity index (χ0v) is 21.6. The first-order chi connectivity index (χ1) is 16.2. The van der Waals surface area contributed by atoms with Crippen molar-refractivity contribution in [2.24, 2.45) is 28.7 Å². The summed E-state index contributed by atoms with van der Waals surface area (Å²) in [6.45, 7) is 2.19. The van der Waals surface area contributed by atoms with Gasteiger partial charge in [0.1, 0.15) is 12.4 Å². The minimum Gasteiger partial charge on any atom is -0.491 e. The van der Waals surface area contributed by atoms with Crippen LogP contribution in [0.15, 0.2) is 59.6 Å². The molecule has 3 aliphatic rings. The smallest absolute Gasteiger partial charge is 0.233 e. The van der Waals surface area contributed by atoms with E-state index in [-0.39, 0.29) is 59.5 Å². The Hall–Kier alpha value is -2.62. The van der Waals surface area contributed by atoms with Gasteiger partial charge in [-0.25, -0.2) is 0 Å². The van der Waals surface area contributed by atoms with E-state index in [0.29, 0.717) is 38.6 Å². The fourth-order valence-corrected chi connectivity index (χ4v) is 5.50. The average Bonchev–Trinajstić information content (AvgIpc) is 3.52. The van der Waals surface area contributed by atoms with Crippen LogP contribution in [0.3, 0.4) is 0 Å². The van der Waals surface area contributed by atoms with Crippen molar-refractivity contribution in [1.29, 1.82) is 0 Å². The predicted octanol–water partition coefficient (Wildman–Crippen LogP) is 3.20. The molecule has 2 N–H and O–H groups in total. The van der Waals surface area contributed by atoms with Crippen molar-refractivity contribution >= 4 is 52.5 Å². The molecule has 4 atom stereocenters. The van der Waals surface area contributed by atoms with Gasteiger partial charge in [-0.2, -0.15) is 0 Å². The first kappa shape index (κ1) is 24.5. The third-order valence-corrected chi connectivity index (χ3v) is 7.04. The first-order valence-electron chi connectivity index (χ1n) is 11.8. The summed E-state index contributed by atoms with van der Waals surface area (Å²) < 4.78 is 5.96. The SMILES string of the molecule is CN=C(NCCCN1C(=O)C2C3C=CC(C3)C2C1=O)NCCOc1cccc2ccccc12.I. The predicted molar refractivity (Wildman–Crippen MR) is 143 cm³/mol. The summed E-state index contributed by atoms with van der Waals surface area (Å²) in [5.74, 6) is 1.89. The summed E-state index contributed by atoms with van der Waals surface area (Å²) in [6, 6.07) is 14.2. The molecule has 2 amide bonds.